The van der Waals surface area contributed by atoms with Crippen molar-refractivity contribution in [2.45, 2.75) is 0 Å². The van der Waals surface area contributed by atoms with Gasteiger partial charge in [-0.1, -0.05) is 0 Å². The molecule has 0 atom stereocenters. The van der Waals surface area contributed by atoms with Gasteiger partial charge < -0.3 is 9.84 Å². The van der Waals surface area contributed by atoms with Crippen molar-refractivity contribution in [1.82, 2.24) is 0 Å². The first-order valence-electron chi connectivity index (χ1n) is 2.14. The number of ether oxygens (including phenoxy) is 1. The summed E-state index contributed by atoms with van der Waals surface area (Å²) in [6, 6.07) is 0. The van der Waals surface area contributed by atoms with Gasteiger partial charge in [-0.2, -0.15) is 0 Å². The van der Waals surface area contributed by atoms with E-state index in [2.05, 4.69) is 0 Å². The molecule has 0 fully saturated rings. The van der Waals surface area contributed by atoms with Crippen LogP contribution in [0.1, 0.15) is 0 Å². The summed E-state index contributed by atoms with van der Waals surface area (Å²) in [4.78, 5) is 0. The van der Waals surface area contributed by atoms with Crippen LogP contribution in [0.3, 0.4) is 0 Å². The van der Waals surface area contributed by atoms with Gasteiger partial charge in [0.2, 0.25) is 6.58 Å². The van der Waals surface area contributed by atoms with Gasteiger partial charge in [0.25, 0.3) is 0 Å². The van der Waals surface area contributed by atoms with Crippen molar-refractivity contribution in [3.63, 3.8) is 0 Å². The molecular formula is C5H9O2+. The van der Waals surface area contributed by atoms with Crippen molar-refractivity contribution >= 4 is 0 Å². The molecule has 0 saturated heterocycles. The van der Waals surface area contributed by atoms with Crippen molar-refractivity contribution in [3.8, 4) is 0 Å². The third-order valence-corrected chi connectivity index (χ3v) is 0.450. The van der Waals surface area contributed by atoms with Crippen LogP contribution in [0.4, 0.5) is 0 Å². The third kappa shape index (κ3) is 5.57. The smallest absolute Gasteiger partial charge is 0.204 e. The SMILES string of the molecule is [CH+]=CCOCCO. The topological polar surface area (TPSA) is 29.5 Å². The van der Waals surface area contributed by atoms with E-state index in [0.29, 0.717) is 13.2 Å². The Kier molecular flexibility index (Phi) is 5.23. The van der Waals surface area contributed by atoms with E-state index in [0.717, 1.165) is 0 Å². The standard InChI is InChI=1S/C5H9O2/c1-2-4-7-5-3-6/h1-2,6H,3-5H2/q+1. The highest BCUT2D eigenvalue weighted by atomic mass is 16.5. The molecule has 1 N–H and O–H groups in total. The van der Waals surface area contributed by atoms with E-state index in [1.165, 1.54) is 6.08 Å². The second-order valence-electron chi connectivity index (χ2n) is 1.03. The van der Waals surface area contributed by atoms with Gasteiger partial charge in [-0.3, -0.25) is 0 Å². The molecule has 0 spiro atoms. The number of hydrogen-bond acceptors (Lipinski definition) is 2. The van der Waals surface area contributed by atoms with Crippen LogP contribution in [0.2, 0.25) is 0 Å². The summed E-state index contributed by atoms with van der Waals surface area (Å²) in [6.07, 6.45) is 1.40. The molecule has 0 aliphatic carbocycles. The van der Waals surface area contributed by atoms with Crippen LogP contribution in [0.5, 0.6) is 0 Å². The zero-order valence-electron chi connectivity index (χ0n) is 4.13. The van der Waals surface area contributed by atoms with Crippen LogP contribution in [0.15, 0.2) is 6.08 Å². The Hall–Kier alpha value is -0.430. The Labute approximate surface area is 43.4 Å². The van der Waals surface area contributed by atoms with E-state index in [1.54, 1.807) is 0 Å². The van der Waals surface area contributed by atoms with Gasteiger partial charge in [-0.25, -0.2) is 0 Å². The number of hydrogen-bond donors (Lipinski definition) is 1. The van der Waals surface area contributed by atoms with Crippen molar-refractivity contribution in [1.29, 1.82) is 0 Å². The summed E-state index contributed by atoms with van der Waals surface area (Å²) in [7, 11) is 0. The second-order valence-corrected chi connectivity index (χ2v) is 1.03. The molecule has 0 rings (SSSR count). The highest BCUT2D eigenvalue weighted by Crippen LogP contribution is 1.70. The Morgan fingerprint density at radius 1 is 1.71 bits per heavy atom. The third-order valence-electron chi connectivity index (χ3n) is 0.450. The minimum atomic E-state index is 0.0633. The maximum absolute atomic E-state index is 8.11. The quantitative estimate of drug-likeness (QED) is 0.398. The number of aliphatic hydroxyl groups excluding tert-OH is 1. The summed E-state index contributed by atoms with van der Waals surface area (Å²) < 4.78 is 4.70. The molecule has 0 radical (unpaired) electrons. The zero-order chi connectivity index (χ0) is 5.54. The molecule has 0 aliphatic heterocycles. The van der Waals surface area contributed by atoms with E-state index in [1.807, 2.05) is 0 Å². The van der Waals surface area contributed by atoms with Crippen LogP contribution in [0.25, 0.3) is 0 Å². The summed E-state index contributed by atoms with van der Waals surface area (Å²) in [6.45, 7) is 5.79. The summed E-state index contributed by atoms with van der Waals surface area (Å²) in [5.41, 5.74) is 0. The highest BCUT2D eigenvalue weighted by Gasteiger charge is 1.80. The second kappa shape index (κ2) is 5.57. The summed E-state index contributed by atoms with van der Waals surface area (Å²) >= 11 is 0. The molecule has 0 bridgehead atoms. The average molecular weight is 101 g/mol. The molecule has 0 aromatic carbocycles. The molecule has 7 heavy (non-hydrogen) atoms. The van der Waals surface area contributed by atoms with Crippen molar-refractivity contribution < 1.29 is 9.84 Å². The molecule has 0 aromatic rings. The molecule has 40 valence electrons. The molecule has 0 amide bonds. The minimum Gasteiger partial charge on any atom is -0.394 e. The maximum atomic E-state index is 8.11. The Morgan fingerprint density at radius 2 is 2.43 bits per heavy atom. The fraction of sp³-hybridized carbons (Fsp3) is 0.600. The van der Waals surface area contributed by atoms with E-state index in [-0.39, 0.29) is 6.61 Å². The van der Waals surface area contributed by atoms with Gasteiger partial charge in [0.1, 0.15) is 6.61 Å². The van der Waals surface area contributed by atoms with Gasteiger partial charge in [-0.05, 0) is 0 Å². The normalized spacial score (nSPS) is 8.57. The largest absolute Gasteiger partial charge is 0.394 e. The van der Waals surface area contributed by atoms with Gasteiger partial charge >= 0.3 is 0 Å². The van der Waals surface area contributed by atoms with E-state index < -0.39 is 0 Å². The maximum Gasteiger partial charge on any atom is 0.204 e. The van der Waals surface area contributed by atoms with Crippen molar-refractivity contribution in [2.24, 2.45) is 0 Å². The lowest BCUT2D eigenvalue weighted by Crippen LogP contribution is -1.97. The lowest BCUT2D eigenvalue weighted by molar-refractivity contribution is 0.112. The van der Waals surface area contributed by atoms with E-state index in [4.69, 9.17) is 16.4 Å². The predicted molar refractivity (Wildman–Crippen MR) is 26.8 cm³/mol. The summed E-state index contributed by atoms with van der Waals surface area (Å²) in [5, 5.41) is 8.11. The van der Waals surface area contributed by atoms with Crippen LogP contribution >= 0.6 is 0 Å². The van der Waals surface area contributed by atoms with Gasteiger partial charge in [0.05, 0.1) is 13.2 Å². The number of rotatable bonds is 4. The van der Waals surface area contributed by atoms with Crippen LogP contribution in [-0.2, 0) is 4.74 Å². The first kappa shape index (κ1) is 6.57. The Morgan fingerprint density at radius 3 is 2.86 bits per heavy atom. The van der Waals surface area contributed by atoms with Crippen molar-refractivity contribution in [2.75, 3.05) is 19.8 Å². The Bertz CT molecular complexity index is 43.3. The lowest BCUT2D eigenvalue weighted by atomic mass is 10.7. The van der Waals surface area contributed by atoms with Gasteiger partial charge in [0, 0.05) is 0 Å². The minimum absolute atomic E-state index is 0.0633. The zero-order valence-corrected chi connectivity index (χ0v) is 4.13. The molecule has 0 aromatic heterocycles. The predicted octanol–water partition coefficient (Wildman–Crippen LogP) is -0.0155. The Balaban J connectivity index is 2.56. The molecular weight excluding hydrogens is 92.1 g/mol. The fourth-order valence-corrected chi connectivity index (χ4v) is 0.216. The monoisotopic (exact) mass is 101 g/mol. The first-order chi connectivity index (χ1) is 3.41. The number of aliphatic hydroxyl groups is 1. The van der Waals surface area contributed by atoms with E-state index in [9.17, 15) is 0 Å². The molecule has 2 nitrogen and oxygen atoms in total. The molecule has 0 saturated carbocycles. The van der Waals surface area contributed by atoms with E-state index >= 15 is 0 Å². The van der Waals surface area contributed by atoms with Gasteiger partial charge in [0.15, 0.2) is 6.08 Å². The van der Waals surface area contributed by atoms with Crippen molar-refractivity contribution in [3.05, 3.63) is 12.7 Å². The van der Waals surface area contributed by atoms with Crippen LogP contribution in [-0.4, -0.2) is 24.9 Å². The van der Waals surface area contributed by atoms with Crippen LogP contribution < -0.4 is 0 Å². The molecule has 0 aliphatic rings. The van der Waals surface area contributed by atoms with Gasteiger partial charge in [-0.15, -0.1) is 0 Å². The molecule has 2 heteroatoms. The fourth-order valence-electron chi connectivity index (χ4n) is 0.216. The first-order valence-corrected chi connectivity index (χ1v) is 2.14. The average Bonchev–Trinajstić information content (AvgIpc) is 1.69. The van der Waals surface area contributed by atoms with Crippen LogP contribution in [0, 0.1) is 6.58 Å². The molecule has 0 unspecified atom stereocenters. The summed E-state index contributed by atoms with van der Waals surface area (Å²) in [5.74, 6) is 0. The highest BCUT2D eigenvalue weighted by molar-refractivity contribution is 4.58. The molecule has 0 heterocycles. The lowest BCUT2D eigenvalue weighted by Gasteiger charge is -1.89.